The van der Waals surface area contributed by atoms with E-state index in [9.17, 15) is 0 Å². The molecule has 122 valence electrons. The summed E-state index contributed by atoms with van der Waals surface area (Å²) in [4.78, 5) is 8.15. The van der Waals surface area contributed by atoms with Crippen LogP contribution in [0.25, 0.3) is 49.3 Å². The number of rotatable bonds is 1. The van der Waals surface area contributed by atoms with Gasteiger partial charge in [-0.2, -0.15) is 0 Å². The Balaban J connectivity index is 1.94. The molecular weight excluding hydrogens is 318 g/mol. The Hall–Kier alpha value is -3.59. The fourth-order valence-electron chi connectivity index (χ4n) is 4.11. The molecule has 0 amide bonds. The van der Waals surface area contributed by atoms with Crippen molar-refractivity contribution >= 4 is 43.6 Å². The summed E-state index contributed by atoms with van der Waals surface area (Å²) in [6.07, 6.45) is 3.89. The Morgan fingerprint density at radius 2 is 1.54 bits per heavy atom. The molecule has 6 rings (SSSR count). The minimum absolute atomic E-state index is 1.07. The number of para-hydroxylation sites is 1. The minimum Gasteiger partial charge on any atom is -0.359 e. The fourth-order valence-corrected chi connectivity index (χ4v) is 4.11. The quantitative estimate of drug-likeness (QED) is 0.404. The summed E-state index contributed by atoms with van der Waals surface area (Å²) >= 11 is 0. The van der Waals surface area contributed by atoms with Crippen LogP contribution in [0.1, 0.15) is 0 Å². The molecule has 3 heteroatoms. The molecule has 0 atom stereocenters. The second-order valence-corrected chi connectivity index (χ2v) is 6.61. The largest absolute Gasteiger partial charge is 0.359 e. The lowest BCUT2D eigenvalue weighted by atomic mass is 10.0. The van der Waals surface area contributed by atoms with Crippen molar-refractivity contribution in [3.05, 3.63) is 85.2 Å². The molecular formula is C23H15N3. The maximum Gasteiger partial charge on any atom is 0.0788 e. The van der Waals surface area contributed by atoms with Crippen molar-refractivity contribution in [3.63, 3.8) is 0 Å². The van der Waals surface area contributed by atoms with Gasteiger partial charge in [-0.15, -0.1) is 0 Å². The van der Waals surface area contributed by atoms with Crippen LogP contribution in [0.5, 0.6) is 0 Å². The first-order chi connectivity index (χ1) is 12.9. The lowest BCUT2D eigenvalue weighted by Crippen LogP contribution is -1.93. The third-order valence-electron chi connectivity index (χ3n) is 5.21. The van der Waals surface area contributed by atoms with E-state index in [0.717, 1.165) is 16.7 Å². The Bertz CT molecular complexity index is 1420. The van der Waals surface area contributed by atoms with Crippen LogP contribution in [0.15, 0.2) is 85.2 Å². The van der Waals surface area contributed by atoms with Crippen LogP contribution in [0, 0.1) is 0 Å². The molecule has 3 nitrogen and oxygen atoms in total. The standard InChI is InChI=1S/C23H15N3/c1-2-5-17(6-3-1)26-18-11-10-15-8-9-16-12-14-25-22(16)20(15)21(18)23-19(26)7-4-13-24-23/h1-14,24H. The maximum atomic E-state index is 4.66. The second kappa shape index (κ2) is 4.96. The Morgan fingerprint density at radius 1 is 0.692 bits per heavy atom. The van der Waals surface area contributed by atoms with Crippen molar-refractivity contribution < 1.29 is 0 Å². The topological polar surface area (TPSA) is 33.6 Å². The normalized spacial score (nSPS) is 11.8. The van der Waals surface area contributed by atoms with Gasteiger partial charge in [-0.3, -0.25) is 4.98 Å². The molecule has 0 saturated heterocycles. The highest BCUT2D eigenvalue weighted by Crippen LogP contribution is 2.38. The number of fused-ring (bicyclic) bond motifs is 7. The van der Waals surface area contributed by atoms with E-state index < -0.39 is 0 Å². The Labute approximate surface area is 149 Å². The van der Waals surface area contributed by atoms with Crippen molar-refractivity contribution in [1.82, 2.24) is 14.5 Å². The summed E-state index contributed by atoms with van der Waals surface area (Å²) in [5.41, 5.74) is 5.74. The van der Waals surface area contributed by atoms with Gasteiger partial charge in [0.05, 0.1) is 22.1 Å². The number of nitrogens with one attached hydrogen (secondary N) is 1. The van der Waals surface area contributed by atoms with E-state index in [-0.39, 0.29) is 0 Å². The van der Waals surface area contributed by atoms with Crippen LogP contribution in [0.4, 0.5) is 0 Å². The number of benzene rings is 3. The summed E-state index contributed by atoms with van der Waals surface area (Å²) in [5.74, 6) is 0. The summed E-state index contributed by atoms with van der Waals surface area (Å²) in [7, 11) is 0. The highest BCUT2D eigenvalue weighted by atomic mass is 15.0. The molecule has 0 saturated carbocycles. The third-order valence-corrected chi connectivity index (χ3v) is 5.21. The van der Waals surface area contributed by atoms with E-state index in [1.807, 2.05) is 12.4 Å². The van der Waals surface area contributed by atoms with E-state index in [4.69, 9.17) is 0 Å². The molecule has 0 aliphatic heterocycles. The van der Waals surface area contributed by atoms with Gasteiger partial charge >= 0.3 is 0 Å². The third kappa shape index (κ3) is 1.69. The van der Waals surface area contributed by atoms with Gasteiger partial charge in [0, 0.05) is 34.2 Å². The van der Waals surface area contributed by atoms with Crippen LogP contribution < -0.4 is 0 Å². The van der Waals surface area contributed by atoms with E-state index in [2.05, 4.69) is 87.3 Å². The molecule has 0 unspecified atom stereocenters. The van der Waals surface area contributed by atoms with Crippen LogP contribution >= 0.6 is 0 Å². The van der Waals surface area contributed by atoms with Gasteiger partial charge in [-0.05, 0) is 41.8 Å². The monoisotopic (exact) mass is 333 g/mol. The van der Waals surface area contributed by atoms with Crippen LogP contribution in [0.2, 0.25) is 0 Å². The summed E-state index contributed by atoms with van der Waals surface area (Å²) in [5, 5.41) is 4.84. The zero-order valence-corrected chi connectivity index (χ0v) is 14.0. The number of pyridine rings is 1. The van der Waals surface area contributed by atoms with Gasteiger partial charge in [-0.25, -0.2) is 0 Å². The number of aromatic nitrogens is 3. The van der Waals surface area contributed by atoms with Gasteiger partial charge in [-0.1, -0.05) is 36.4 Å². The van der Waals surface area contributed by atoms with Crippen LogP contribution in [-0.2, 0) is 0 Å². The van der Waals surface area contributed by atoms with Crippen molar-refractivity contribution in [2.75, 3.05) is 0 Å². The Morgan fingerprint density at radius 3 is 2.46 bits per heavy atom. The Kier molecular flexibility index (Phi) is 2.61. The van der Waals surface area contributed by atoms with Crippen LogP contribution in [0.3, 0.4) is 0 Å². The molecule has 6 aromatic rings. The highest BCUT2D eigenvalue weighted by molar-refractivity contribution is 6.26. The zero-order chi connectivity index (χ0) is 17.1. The van der Waals surface area contributed by atoms with Gasteiger partial charge in [0.2, 0.25) is 0 Å². The molecule has 0 aliphatic carbocycles. The molecule has 0 aliphatic rings. The van der Waals surface area contributed by atoms with Crippen molar-refractivity contribution in [3.8, 4) is 5.69 Å². The van der Waals surface area contributed by atoms with Gasteiger partial charge in [0.15, 0.2) is 0 Å². The molecule has 26 heavy (non-hydrogen) atoms. The molecule has 3 aromatic carbocycles. The molecule has 0 spiro atoms. The molecule has 1 N–H and O–H groups in total. The first-order valence-corrected chi connectivity index (χ1v) is 8.75. The maximum absolute atomic E-state index is 4.66. The first-order valence-electron chi connectivity index (χ1n) is 8.75. The number of H-pyrrole nitrogens is 1. The number of aromatic amines is 1. The molecule has 3 heterocycles. The van der Waals surface area contributed by atoms with E-state index in [0.29, 0.717) is 0 Å². The number of hydrogen-bond donors (Lipinski definition) is 1. The average molecular weight is 333 g/mol. The SMILES string of the molecule is c1ccc(-n2c3ccc[nH]c3c3c4c(ccc5ccnc54)ccc32)cc1. The number of hydrogen-bond acceptors (Lipinski definition) is 1. The predicted octanol–water partition coefficient (Wildman–Crippen LogP) is 5.81. The second-order valence-electron chi connectivity index (χ2n) is 6.61. The molecule has 0 bridgehead atoms. The van der Waals surface area contributed by atoms with Gasteiger partial charge in [0.1, 0.15) is 0 Å². The van der Waals surface area contributed by atoms with Gasteiger partial charge in [0.25, 0.3) is 0 Å². The summed E-state index contributed by atoms with van der Waals surface area (Å²) in [6, 6.07) is 25.6. The van der Waals surface area contributed by atoms with Crippen LogP contribution in [-0.4, -0.2) is 14.5 Å². The lowest BCUT2D eigenvalue weighted by Gasteiger charge is -2.08. The molecule has 0 radical (unpaired) electrons. The zero-order valence-electron chi connectivity index (χ0n) is 14.0. The first kappa shape index (κ1) is 13.7. The predicted molar refractivity (Wildman–Crippen MR) is 108 cm³/mol. The van der Waals surface area contributed by atoms with E-state index in [1.54, 1.807) is 0 Å². The van der Waals surface area contributed by atoms with Crippen molar-refractivity contribution in [2.24, 2.45) is 0 Å². The summed E-state index contributed by atoms with van der Waals surface area (Å²) < 4.78 is 2.32. The smallest absolute Gasteiger partial charge is 0.0788 e. The fraction of sp³-hybridized carbons (Fsp3) is 0. The van der Waals surface area contributed by atoms with Crippen molar-refractivity contribution in [1.29, 1.82) is 0 Å². The van der Waals surface area contributed by atoms with E-state index in [1.165, 1.54) is 32.6 Å². The van der Waals surface area contributed by atoms with E-state index >= 15 is 0 Å². The minimum atomic E-state index is 1.07. The average Bonchev–Trinajstić information content (AvgIpc) is 3.31. The number of nitrogens with zero attached hydrogens (tertiary/aromatic N) is 2. The molecule has 3 aromatic heterocycles. The lowest BCUT2D eigenvalue weighted by molar-refractivity contribution is 1.18. The van der Waals surface area contributed by atoms with Crippen molar-refractivity contribution in [2.45, 2.75) is 0 Å². The summed E-state index contributed by atoms with van der Waals surface area (Å²) in [6.45, 7) is 0. The molecule has 0 fully saturated rings. The highest BCUT2D eigenvalue weighted by Gasteiger charge is 2.16. The van der Waals surface area contributed by atoms with Gasteiger partial charge < -0.3 is 9.55 Å².